The number of fused-ring (bicyclic) bond motifs is 3. The Kier molecular flexibility index (Phi) is 3.49. The van der Waals surface area contributed by atoms with Gasteiger partial charge in [-0.05, 0) is 48.5 Å². The van der Waals surface area contributed by atoms with E-state index in [0.717, 1.165) is 6.42 Å². The summed E-state index contributed by atoms with van der Waals surface area (Å²) in [5.41, 5.74) is -1.82. The molecule has 4 N–H and O–H groups in total. The molecule has 140 valence electrons. The minimum absolute atomic E-state index is 0.0204. The Hall–Kier alpha value is -0.750. The van der Waals surface area contributed by atoms with Crippen LogP contribution in [-0.4, -0.2) is 50.6 Å². The Morgan fingerprint density at radius 3 is 2.28 bits per heavy atom. The molecule has 4 saturated carbocycles. The topological polar surface area (TPSA) is 98.0 Å². The van der Waals surface area contributed by atoms with Crippen molar-refractivity contribution >= 4 is 5.78 Å². The Labute approximate surface area is 148 Å². The van der Waals surface area contributed by atoms with Crippen LogP contribution >= 0.6 is 0 Å². The molecule has 4 fully saturated rings. The van der Waals surface area contributed by atoms with Crippen LogP contribution in [0.4, 0.5) is 0 Å². The molecule has 0 aromatic heterocycles. The van der Waals surface area contributed by atoms with Crippen molar-refractivity contribution in [2.75, 3.05) is 0 Å². The van der Waals surface area contributed by atoms with E-state index in [2.05, 4.69) is 20.4 Å². The molecule has 1 spiro atoms. The molecule has 0 amide bonds. The zero-order valence-corrected chi connectivity index (χ0v) is 15.3. The van der Waals surface area contributed by atoms with Gasteiger partial charge in [0.25, 0.3) is 0 Å². The van der Waals surface area contributed by atoms with Crippen LogP contribution in [0.2, 0.25) is 0 Å². The first-order valence-corrected chi connectivity index (χ1v) is 9.46. The third-order valence-electron chi connectivity index (χ3n) is 8.62. The van der Waals surface area contributed by atoms with Gasteiger partial charge in [-0.25, -0.2) is 0 Å². The van der Waals surface area contributed by atoms with E-state index in [4.69, 9.17) is 0 Å². The summed E-state index contributed by atoms with van der Waals surface area (Å²) in [6.45, 7) is 10.1. The van der Waals surface area contributed by atoms with Crippen molar-refractivity contribution in [1.29, 1.82) is 0 Å². The normalized spacial score (nSPS) is 57.2. The highest BCUT2D eigenvalue weighted by Gasteiger charge is 2.76. The van der Waals surface area contributed by atoms with Crippen molar-refractivity contribution in [3.8, 4) is 0 Å². The fourth-order valence-corrected chi connectivity index (χ4v) is 7.33. The lowest BCUT2D eigenvalue weighted by Gasteiger charge is -2.66. The fourth-order valence-electron chi connectivity index (χ4n) is 7.33. The van der Waals surface area contributed by atoms with Crippen molar-refractivity contribution in [2.45, 2.75) is 70.9 Å². The number of hydrogen-bond acceptors (Lipinski definition) is 5. The smallest absolute Gasteiger partial charge is 0.170 e. The van der Waals surface area contributed by atoms with Crippen molar-refractivity contribution in [3.63, 3.8) is 0 Å². The second kappa shape index (κ2) is 4.94. The van der Waals surface area contributed by atoms with E-state index >= 15 is 0 Å². The fraction of sp³-hybridized carbons (Fsp3) is 0.850. The van der Waals surface area contributed by atoms with Crippen LogP contribution in [0.15, 0.2) is 12.2 Å². The third-order valence-corrected chi connectivity index (χ3v) is 8.62. The maximum absolute atomic E-state index is 13.2. The van der Waals surface area contributed by atoms with E-state index in [-0.39, 0.29) is 22.7 Å². The molecule has 2 unspecified atom stereocenters. The summed E-state index contributed by atoms with van der Waals surface area (Å²) in [5, 5.41) is 43.8. The lowest BCUT2D eigenvalue weighted by molar-refractivity contribution is -0.261. The molecule has 0 heterocycles. The molecule has 9 atom stereocenters. The van der Waals surface area contributed by atoms with Gasteiger partial charge >= 0.3 is 0 Å². The maximum Gasteiger partial charge on any atom is 0.170 e. The molecule has 2 bridgehead atoms. The summed E-state index contributed by atoms with van der Waals surface area (Å²) in [5.74, 6) is -1.45. The zero-order chi connectivity index (χ0) is 18.5. The highest BCUT2D eigenvalue weighted by Crippen LogP contribution is 2.70. The number of aliphatic hydroxyl groups excluding tert-OH is 4. The number of hydrogen-bond donors (Lipinski definition) is 4. The lowest BCUT2D eigenvalue weighted by Crippen LogP contribution is -2.71. The van der Waals surface area contributed by atoms with Crippen LogP contribution < -0.4 is 0 Å². The molecule has 0 aliphatic heterocycles. The minimum atomic E-state index is -1.33. The molecule has 0 aromatic carbocycles. The highest BCUT2D eigenvalue weighted by molar-refractivity contribution is 6.04. The number of rotatable bonds is 0. The number of carbonyl (C=O) groups is 1. The van der Waals surface area contributed by atoms with Gasteiger partial charge in [-0.3, -0.25) is 4.79 Å². The molecule has 0 saturated heterocycles. The molecule has 4 aliphatic rings. The van der Waals surface area contributed by atoms with Crippen LogP contribution in [0, 0.1) is 34.0 Å². The maximum atomic E-state index is 13.2. The SMILES string of the molecule is C=C1C(=O)C23[C@H](O)C[C@H]4C(C)(C)CC[C@H](O)[C@@]4(C)[C@@H]2C[C@H](O)C1[C@@H]3O. The molecular weight excluding hydrogens is 320 g/mol. The van der Waals surface area contributed by atoms with E-state index in [1.54, 1.807) is 0 Å². The van der Waals surface area contributed by atoms with E-state index in [0.29, 0.717) is 19.3 Å². The summed E-state index contributed by atoms with van der Waals surface area (Å²) >= 11 is 0. The molecule has 4 aliphatic carbocycles. The average molecular weight is 350 g/mol. The number of carbonyl (C=O) groups excluding carboxylic acids is 1. The second-order valence-corrected chi connectivity index (χ2v) is 9.83. The minimum Gasteiger partial charge on any atom is -0.393 e. The van der Waals surface area contributed by atoms with E-state index in [9.17, 15) is 25.2 Å². The van der Waals surface area contributed by atoms with Crippen LogP contribution in [0.25, 0.3) is 0 Å². The summed E-state index contributed by atoms with van der Waals surface area (Å²) < 4.78 is 0. The van der Waals surface area contributed by atoms with Gasteiger partial charge < -0.3 is 20.4 Å². The predicted molar refractivity (Wildman–Crippen MR) is 91.4 cm³/mol. The Balaban J connectivity index is 1.93. The van der Waals surface area contributed by atoms with Crippen molar-refractivity contribution in [1.82, 2.24) is 0 Å². The Bertz CT molecular complexity index is 642. The summed E-state index contributed by atoms with van der Waals surface area (Å²) in [6.07, 6.45) is -1.41. The lowest BCUT2D eigenvalue weighted by atomic mass is 9.39. The Morgan fingerprint density at radius 1 is 1.00 bits per heavy atom. The second-order valence-electron chi connectivity index (χ2n) is 9.83. The third kappa shape index (κ3) is 1.76. The Morgan fingerprint density at radius 2 is 1.64 bits per heavy atom. The van der Waals surface area contributed by atoms with Gasteiger partial charge in [0.15, 0.2) is 5.78 Å². The molecular formula is C20H30O5. The quantitative estimate of drug-likeness (QED) is 0.489. The monoisotopic (exact) mass is 350 g/mol. The molecule has 0 aromatic rings. The van der Waals surface area contributed by atoms with Crippen LogP contribution in [0.3, 0.4) is 0 Å². The largest absolute Gasteiger partial charge is 0.393 e. The van der Waals surface area contributed by atoms with Gasteiger partial charge in [-0.15, -0.1) is 0 Å². The first-order chi connectivity index (χ1) is 11.5. The molecule has 5 heteroatoms. The average Bonchev–Trinajstić information content (AvgIpc) is 2.66. The van der Waals surface area contributed by atoms with Gasteiger partial charge in [0.05, 0.1) is 29.8 Å². The summed E-state index contributed by atoms with van der Waals surface area (Å²) in [4.78, 5) is 13.2. The van der Waals surface area contributed by atoms with E-state index in [1.165, 1.54) is 0 Å². The van der Waals surface area contributed by atoms with Crippen LogP contribution in [0.1, 0.15) is 46.5 Å². The first kappa shape index (κ1) is 17.7. The van der Waals surface area contributed by atoms with Gasteiger partial charge in [-0.1, -0.05) is 27.4 Å². The predicted octanol–water partition coefficient (Wildman–Crippen LogP) is 1.04. The van der Waals surface area contributed by atoms with Crippen molar-refractivity contribution in [3.05, 3.63) is 12.2 Å². The van der Waals surface area contributed by atoms with Crippen molar-refractivity contribution < 1.29 is 25.2 Å². The molecule has 25 heavy (non-hydrogen) atoms. The number of aliphatic hydroxyl groups is 4. The molecule has 0 radical (unpaired) electrons. The van der Waals surface area contributed by atoms with Gasteiger partial charge in [0.1, 0.15) is 0 Å². The van der Waals surface area contributed by atoms with Gasteiger partial charge in [0, 0.05) is 11.3 Å². The number of Topliss-reactive ketones (excluding diaryl/α,β-unsaturated/α-hetero) is 1. The van der Waals surface area contributed by atoms with E-state index < -0.39 is 47.1 Å². The van der Waals surface area contributed by atoms with Crippen LogP contribution in [-0.2, 0) is 4.79 Å². The number of ketones is 1. The van der Waals surface area contributed by atoms with E-state index in [1.807, 2.05) is 6.92 Å². The highest BCUT2D eigenvalue weighted by atomic mass is 16.3. The standard InChI is InChI=1S/C20H30O5/c1-9-15-10(21)7-12-19(4)11(18(2,3)6-5-13(19)22)8-14(23)20(12,16(9)24)17(15)25/h10-15,17,21-23,25H,1,5-8H2,2-4H3/t10-,11-,12-,13-,14+,15?,17-,19+,20?/m0/s1. The summed E-state index contributed by atoms with van der Waals surface area (Å²) in [7, 11) is 0. The van der Waals surface area contributed by atoms with Gasteiger partial charge in [-0.2, -0.15) is 0 Å². The first-order valence-electron chi connectivity index (χ1n) is 9.46. The zero-order valence-electron chi connectivity index (χ0n) is 15.3. The summed E-state index contributed by atoms with van der Waals surface area (Å²) in [6, 6.07) is 0. The molecule has 4 rings (SSSR count). The molecule has 5 nitrogen and oxygen atoms in total. The van der Waals surface area contributed by atoms with Crippen LogP contribution in [0.5, 0.6) is 0 Å². The van der Waals surface area contributed by atoms with Gasteiger partial charge in [0.2, 0.25) is 0 Å². The van der Waals surface area contributed by atoms with Crippen molar-refractivity contribution in [2.24, 2.45) is 34.0 Å².